The van der Waals surface area contributed by atoms with Gasteiger partial charge in [-0.25, -0.2) is 9.97 Å². The molecule has 0 radical (unpaired) electrons. The molecule has 1 aliphatic rings. The molecule has 3 aromatic heterocycles. The number of rotatable bonds is 4. The molecule has 1 atom stereocenters. The average Bonchev–Trinajstić information content (AvgIpc) is 3.50. The maximum Gasteiger partial charge on any atom is 0.299 e. The van der Waals surface area contributed by atoms with Crippen molar-refractivity contribution in [3.8, 4) is 23.1 Å². The molecule has 1 aliphatic heterocycles. The summed E-state index contributed by atoms with van der Waals surface area (Å²) in [4.78, 5) is 40.9. The Morgan fingerprint density at radius 1 is 1.08 bits per heavy atom. The van der Waals surface area contributed by atoms with Crippen molar-refractivity contribution in [3.63, 3.8) is 0 Å². The number of benzene rings is 1. The summed E-state index contributed by atoms with van der Waals surface area (Å²) < 4.78 is 2.03. The lowest BCUT2D eigenvalue weighted by atomic mass is 10.1. The summed E-state index contributed by atoms with van der Waals surface area (Å²) in [6, 6.07) is 10.9. The van der Waals surface area contributed by atoms with Crippen LogP contribution in [0, 0.1) is 25.7 Å². The summed E-state index contributed by atoms with van der Waals surface area (Å²) in [7, 11) is 0. The van der Waals surface area contributed by atoms with E-state index in [-0.39, 0.29) is 17.9 Å². The number of carbonyl (C=O) groups excluding carboxylic acids is 2. The van der Waals surface area contributed by atoms with Gasteiger partial charge in [0.2, 0.25) is 0 Å². The molecule has 4 heterocycles. The van der Waals surface area contributed by atoms with Crippen LogP contribution in [0.25, 0.3) is 16.8 Å². The molecule has 5 rings (SSSR count). The van der Waals surface area contributed by atoms with Gasteiger partial charge < -0.3 is 10.2 Å². The second kappa shape index (κ2) is 9.62. The Balaban J connectivity index is 1.49. The normalized spacial score (nSPS) is 15.0. The first-order chi connectivity index (χ1) is 17.5. The topological polar surface area (TPSA) is 92.5 Å². The summed E-state index contributed by atoms with van der Waals surface area (Å²) in [5, 5.41) is 2.84. The molecule has 1 fully saturated rings. The molecule has 0 bridgehead atoms. The van der Waals surface area contributed by atoms with E-state index in [1.807, 2.05) is 48.7 Å². The number of imidazole rings is 1. The quantitative estimate of drug-likeness (QED) is 0.441. The summed E-state index contributed by atoms with van der Waals surface area (Å²) in [5.41, 5.74) is 4.89. The number of anilines is 1. The van der Waals surface area contributed by atoms with Crippen molar-refractivity contribution in [2.45, 2.75) is 39.7 Å². The molecule has 0 unspecified atom stereocenters. The van der Waals surface area contributed by atoms with Gasteiger partial charge in [-0.3, -0.25) is 19.0 Å². The zero-order valence-electron chi connectivity index (χ0n) is 20.4. The molecule has 0 saturated carbocycles. The van der Waals surface area contributed by atoms with Crippen LogP contribution in [0.2, 0.25) is 0 Å². The van der Waals surface area contributed by atoms with Crippen LogP contribution >= 0.6 is 0 Å². The van der Waals surface area contributed by atoms with Crippen molar-refractivity contribution in [1.29, 1.82) is 0 Å². The van der Waals surface area contributed by atoms with E-state index < -0.39 is 0 Å². The zero-order chi connectivity index (χ0) is 25.2. The van der Waals surface area contributed by atoms with Crippen LogP contribution < -0.4 is 5.32 Å². The highest BCUT2D eigenvalue weighted by atomic mass is 16.2. The Morgan fingerprint density at radius 2 is 1.89 bits per heavy atom. The number of nitrogens with one attached hydrogen (secondary N) is 1. The predicted molar refractivity (Wildman–Crippen MR) is 137 cm³/mol. The Labute approximate surface area is 209 Å². The molecule has 180 valence electrons. The summed E-state index contributed by atoms with van der Waals surface area (Å²) in [6.45, 7) is 6.22. The van der Waals surface area contributed by atoms with Gasteiger partial charge in [0.1, 0.15) is 11.6 Å². The molecule has 1 N–H and O–H groups in total. The number of aryl methyl sites for hydroxylation is 2. The lowest BCUT2D eigenvalue weighted by molar-refractivity contribution is -0.126. The minimum Gasteiger partial charge on any atom is -0.322 e. The number of pyridine rings is 1. The van der Waals surface area contributed by atoms with E-state index in [1.54, 1.807) is 36.4 Å². The van der Waals surface area contributed by atoms with Crippen LogP contribution in [0.3, 0.4) is 0 Å². The molecule has 4 aromatic rings. The number of fused-ring (bicyclic) bond motifs is 1. The fourth-order valence-electron chi connectivity index (χ4n) is 4.69. The number of likely N-dealkylation sites (tertiary alicyclic amines) is 1. The number of aromatic nitrogens is 4. The van der Waals surface area contributed by atoms with Crippen LogP contribution in [0.15, 0.2) is 55.0 Å². The van der Waals surface area contributed by atoms with Crippen LogP contribution in [0.5, 0.6) is 0 Å². The van der Waals surface area contributed by atoms with Gasteiger partial charge in [-0.1, -0.05) is 18.1 Å². The van der Waals surface area contributed by atoms with Crippen LogP contribution in [0.4, 0.5) is 5.82 Å². The third-order valence-electron chi connectivity index (χ3n) is 6.39. The van der Waals surface area contributed by atoms with Crippen molar-refractivity contribution in [1.82, 2.24) is 24.3 Å². The maximum atomic E-state index is 12.7. The first kappa shape index (κ1) is 23.2. The Kier molecular flexibility index (Phi) is 6.21. The van der Waals surface area contributed by atoms with E-state index in [4.69, 9.17) is 4.98 Å². The van der Waals surface area contributed by atoms with Gasteiger partial charge >= 0.3 is 0 Å². The second-order valence-electron chi connectivity index (χ2n) is 8.83. The zero-order valence-corrected chi connectivity index (χ0v) is 20.4. The first-order valence-electron chi connectivity index (χ1n) is 11.9. The highest BCUT2D eigenvalue weighted by molar-refractivity contribution is 6.04. The molecule has 36 heavy (non-hydrogen) atoms. The Morgan fingerprint density at radius 3 is 2.64 bits per heavy atom. The monoisotopic (exact) mass is 478 g/mol. The van der Waals surface area contributed by atoms with E-state index >= 15 is 0 Å². The minimum atomic E-state index is -0.231. The summed E-state index contributed by atoms with van der Waals surface area (Å²) in [6.07, 6.45) is 7.02. The molecule has 2 amide bonds. The van der Waals surface area contributed by atoms with Crippen molar-refractivity contribution in [2.75, 3.05) is 11.9 Å². The largest absolute Gasteiger partial charge is 0.322 e. The Hall–Kier alpha value is -4.51. The first-order valence-corrected chi connectivity index (χ1v) is 11.9. The van der Waals surface area contributed by atoms with E-state index in [0.717, 1.165) is 46.7 Å². The fraction of sp³-hybridized carbons (Fsp3) is 0.250. The highest BCUT2D eigenvalue weighted by Gasteiger charge is 2.33. The van der Waals surface area contributed by atoms with E-state index in [2.05, 4.69) is 27.1 Å². The van der Waals surface area contributed by atoms with Gasteiger partial charge in [0.15, 0.2) is 0 Å². The third kappa shape index (κ3) is 4.31. The molecular formula is C28H26N6O2. The predicted octanol–water partition coefficient (Wildman–Crippen LogP) is 4.35. The number of hydrogen-bond donors (Lipinski definition) is 1. The van der Waals surface area contributed by atoms with Gasteiger partial charge in [0.05, 0.1) is 22.9 Å². The fourth-order valence-corrected chi connectivity index (χ4v) is 4.69. The molecule has 8 heteroatoms. The van der Waals surface area contributed by atoms with Gasteiger partial charge in [0.25, 0.3) is 11.8 Å². The van der Waals surface area contributed by atoms with Crippen LogP contribution in [-0.4, -0.2) is 42.6 Å². The molecule has 1 aromatic carbocycles. The molecule has 1 saturated heterocycles. The van der Waals surface area contributed by atoms with Crippen molar-refractivity contribution >= 4 is 23.1 Å². The van der Waals surface area contributed by atoms with E-state index in [1.165, 1.54) is 0 Å². The van der Waals surface area contributed by atoms with Gasteiger partial charge in [0, 0.05) is 36.3 Å². The average molecular weight is 479 g/mol. The molecule has 8 nitrogen and oxygen atoms in total. The van der Waals surface area contributed by atoms with Crippen molar-refractivity contribution in [2.24, 2.45) is 0 Å². The lowest BCUT2D eigenvalue weighted by Crippen LogP contribution is -2.30. The van der Waals surface area contributed by atoms with Crippen molar-refractivity contribution < 1.29 is 9.59 Å². The second-order valence-corrected chi connectivity index (χ2v) is 8.83. The third-order valence-corrected chi connectivity index (χ3v) is 6.39. The summed E-state index contributed by atoms with van der Waals surface area (Å²) >= 11 is 0. The van der Waals surface area contributed by atoms with Crippen molar-refractivity contribution in [3.05, 3.63) is 77.6 Å². The van der Waals surface area contributed by atoms with Gasteiger partial charge in [-0.2, -0.15) is 0 Å². The van der Waals surface area contributed by atoms with Gasteiger partial charge in [-0.05, 0) is 69.4 Å². The van der Waals surface area contributed by atoms with Gasteiger partial charge in [-0.15, -0.1) is 0 Å². The standard InChI is InChI=1S/C28H26N6O2/c1-4-6-24(35)33-15-5-7-22(33)27-32-25(26-19(3)29-14-16-34(26)27)20-8-10-21(11-9-20)28(36)31-23-17-18(2)12-13-30-23/h8-14,16-17,22H,5,7,15H2,1-3H3,(H,30,31,36)/t22-/m0/s1. The minimum absolute atomic E-state index is 0.159. The van der Waals surface area contributed by atoms with Crippen LogP contribution in [-0.2, 0) is 4.79 Å². The number of carbonyl (C=O) groups is 2. The lowest BCUT2D eigenvalue weighted by Gasteiger charge is -2.21. The number of hydrogen-bond acceptors (Lipinski definition) is 5. The SMILES string of the molecule is CC#CC(=O)N1CCC[C@H]1c1nc(-c2ccc(C(=O)Nc3cc(C)ccn3)cc2)c2c(C)nccn12. The smallest absolute Gasteiger partial charge is 0.299 e. The number of nitrogens with zero attached hydrogens (tertiary/aromatic N) is 5. The van der Waals surface area contributed by atoms with E-state index in [0.29, 0.717) is 17.9 Å². The summed E-state index contributed by atoms with van der Waals surface area (Å²) in [5.74, 6) is 6.27. The van der Waals surface area contributed by atoms with E-state index in [9.17, 15) is 9.59 Å². The molecule has 0 spiro atoms. The molecule has 0 aliphatic carbocycles. The maximum absolute atomic E-state index is 12.7. The Bertz CT molecular complexity index is 1530. The molecular weight excluding hydrogens is 452 g/mol. The van der Waals surface area contributed by atoms with Crippen LogP contribution in [0.1, 0.15) is 53.2 Å². The highest BCUT2D eigenvalue weighted by Crippen LogP contribution is 2.35. The number of amides is 2.